The number of carbonyl (C=O) groups excluding carboxylic acids is 1. The third kappa shape index (κ3) is 4.68. The Hall–Kier alpha value is -1.92. The largest absolute Gasteiger partial charge is 0.344 e. The highest BCUT2D eigenvalue weighted by Gasteiger charge is 2.26. The first-order chi connectivity index (χ1) is 12.5. The van der Waals surface area contributed by atoms with Gasteiger partial charge in [-0.05, 0) is 56.8 Å². The number of piperidine rings is 1. The molecule has 27 heavy (non-hydrogen) atoms. The number of rotatable bonds is 5. The molecule has 0 saturated carbocycles. The van der Waals surface area contributed by atoms with Gasteiger partial charge in [0.05, 0.1) is 17.8 Å². The van der Waals surface area contributed by atoms with Crippen LogP contribution < -0.4 is 10.6 Å². The maximum Gasteiger partial charge on any atom is 0.274 e. The van der Waals surface area contributed by atoms with Gasteiger partial charge >= 0.3 is 0 Å². The number of halogens is 1. The van der Waals surface area contributed by atoms with Crippen LogP contribution in [-0.2, 0) is 0 Å². The molecule has 0 spiro atoms. The van der Waals surface area contributed by atoms with E-state index >= 15 is 0 Å². The Morgan fingerprint density at radius 1 is 1.22 bits per heavy atom. The lowest BCUT2D eigenvalue weighted by atomic mass is 9.92. The van der Waals surface area contributed by atoms with Crippen LogP contribution in [0.25, 0.3) is 0 Å². The van der Waals surface area contributed by atoms with Crippen LogP contribution in [0.1, 0.15) is 66.1 Å². The third-order valence-electron chi connectivity index (χ3n) is 5.27. The van der Waals surface area contributed by atoms with Crippen LogP contribution in [0.4, 0.5) is 0 Å². The Morgan fingerprint density at radius 2 is 1.89 bits per heavy atom. The zero-order valence-electron chi connectivity index (χ0n) is 16.5. The summed E-state index contributed by atoms with van der Waals surface area (Å²) in [5.41, 5.74) is 3.62. The molecule has 0 aliphatic carbocycles. The molecule has 0 bridgehead atoms. The van der Waals surface area contributed by atoms with E-state index in [1.165, 1.54) is 5.56 Å². The lowest BCUT2D eigenvalue weighted by Crippen LogP contribution is -2.33. The van der Waals surface area contributed by atoms with E-state index in [0.29, 0.717) is 11.7 Å². The predicted molar refractivity (Wildman–Crippen MR) is 109 cm³/mol. The van der Waals surface area contributed by atoms with Crippen LogP contribution in [0.3, 0.4) is 0 Å². The van der Waals surface area contributed by atoms with Gasteiger partial charge in [0.1, 0.15) is 0 Å². The molecule has 2 aromatic rings. The maximum absolute atomic E-state index is 12.9. The number of benzene rings is 1. The molecule has 2 N–H and O–H groups in total. The Labute approximate surface area is 167 Å². The predicted octanol–water partition coefficient (Wildman–Crippen LogP) is 3.37. The number of carbonyl (C=O) groups is 1. The molecular formula is C20H30ClN5O. The summed E-state index contributed by atoms with van der Waals surface area (Å²) in [6.07, 6.45) is 2.03. The quantitative estimate of drug-likeness (QED) is 0.819. The number of nitrogens with one attached hydrogen (secondary N) is 2. The van der Waals surface area contributed by atoms with Gasteiger partial charge in [-0.15, -0.1) is 17.5 Å². The fourth-order valence-electron chi connectivity index (χ4n) is 3.70. The summed E-state index contributed by atoms with van der Waals surface area (Å²) in [6, 6.07) is 8.47. The van der Waals surface area contributed by atoms with Gasteiger partial charge in [-0.1, -0.05) is 43.3 Å². The van der Waals surface area contributed by atoms with E-state index in [9.17, 15) is 4.79 Å². The minimum Gasteiger partial charge on any atom is -0.344 e. The van der Waals surface area contributed by atoms with Gasteiger partial charge in [-0.25, -0.2) is 4.68 Å². The van der Waals surface area contributed by atoms with E-state index in [2.05, 4.69) is 53.8 Å². The first-order valence-electron chi connectivity index (χ1n) is 9.48. The number of aryl methyl sites for hydroxylation is 1. The summed E-state index contributed by atoms with van der Waals surface area (Å²) in [4.78, 5) is 12.9. The van der Waals surface area contributed by atoms with E-state index in [1.807, 2.05) is 23.7 Å². The lowest BCUT2D eigenvalue weighted by molar-refractivity contribution is 0.0919. The van der Waals surface area contributed by atoms with Crippen molar-refractivity contribution >= 4 is 18.3 Å². The standard InChI is InChI=1S/C20H29N5O.ClH/c1-13(2)18(17-8-6-5-7-14(17)3)22-20(26)19-15(4)25(24-23-19)16-9-11-21-12-10-16;/h5-8,13,16,18,21H,9-12H2,1-4H3,(H,22,26);1H. The Kier molecular flexibility index (Phi) is 7.39. The van der Waals surface area contributed by atoms with Gasteiger partial charge < -0.3 is 10.6 Å². The van der Waals surface area contributed by atoms with Crippen molar-refractivity contribution in [1.29, 1.82) is 0 Å². The van der Waals surface area contributed by atoms with E-state index in [4.69, 9.17) is 0 Å². The number of hydrogen-bond acceptors (Lipinski definition) is 4. The van der Waals surface area contributed by atoms with Crippen molar-refractivity contribution < 1.29 is 4.79 Å². The Morgan fingerprint density at radius 3 is 2.52 bits per heavy atom. The van der Waals surface area contributed by atoms with Crippen molar-refractivity contribution in [2.45, 2.75) is 52.6 Å². The van der Waals surface area contributed by atoms with Crippen LogP contribution in [0.15, 0.2) is 24.3 Å². The molecule has 7 heteroatoms. The molecule has 1 fully saturated rings. The van der Waals surface area contributed by atoms with Crippen LogP contribution in [-0.4, -0.2) is 34.0 Å². The molecule has 1 atom stereocenters. The second-order valence-electron chi connectivity index (χ2n) is 7.50. The van der Waals surface area contributed by atoms with Gasteiger partial charge in [0.2, 0.25) is 0 Å². The van der Waals surface area contributed by atoms with Gasteiger partial charge in [-0.2, -0.15) is 0 Å². The molecule has 1 saturated heterocycles. The molecule has 0 radical (unpaired) electrons. The first kappa shape index (κ1) is 21.4. The zero-order chi connectivity index (χ0) is 18.7. The molecule has 148 valence electrons. The summed E-state index contributed by atoms with van der Waals surface area (Å²) in [5, 5.41) is 15.0. The monoisotopic (exact) mass is 391 g/mol. The van der Waals surface area contributed by atoms with Crippen molar-refractivity contribution in [2.24, 2.45) is 5.92 Å². The first-order valence-corrected chi connectivity index (χ1v) is 9.48. The molecule has 1 aromatic heterocycles. The second-order valence-corrected chi connectivity index (χ2v) is 7.50. The Balaban J connectivity index is 0.00000261. The normalized spacial score (nSPS) is 16.0. The maximum atomic E-state index is 12.9. The van der Waals surface area contributed by atoms with Crippen LogP contribution in [0.2, 0.25) is 0 Å². The SMILES string of the molecule is Cc1ccccc1C(NC(=O)c1nnn(C2CCNCC2)c1C)C(C)C.Cl. The van der Waals surface area contributed by atoms with Crippen LogP contribution in [0.5, 0.6) is 0 Å². The molecular weight excluding hydrogens is 362 g/mol. The van der Waals surface area contributed by atoms with Crippen molar-refractivity contribution in [3.63, 3.8) is 0 Å². The van der Waals surface area contributed by atoms with Crippen molar-refractivity contribution in [1.82, 2.24) is 25.6 Å². The fraction of sp³-hybridized carbons (Fsp3) is 0.550. The van der Waals surface area contributed by atoms with Gasteiger partial charge in [0.15, 0.2) is 5.69 Å². The molecule has 1 unspecified atom stereocenters. The van der Waals surface area contributed by atoms with Crippen molar-refractivity contribution in [3.05, 3.63) is 46.8 Å². The fourth-order valence-corrected chi connectivity index (χ4v) is 3.70. The topological polar surface area (TPSA) is 71.8 Å². The minimum absolute atomic E-state index is 0. The van der Waals surface area contributed by atoms with Crippen LogP contribution >= 0.6 is 12.4 Å². The summed E-state index contributed by atoms with van der Waals surface area (Å²) in [6.45, 7) is 10.2. The van der Waals surface area contributed by atoms with E-state index in [-0.39, 0.29) is 30.3 Å². The third-order valence-corrected chi connectivity index (χ3v) is 5.27. The Bertz CT molecular complexity index is 767. The molecule has 3 rings (SSSR count). The molecule has 1 aromatic carbocycles. The highest BCUT2D eigenvalue weighted by Crippen LogP contribution is 2.26. The molecule has 2 heterocycles. The molecule has 6 nitrogen and oxygen atoms in total. The summed E-state index contributed by atoms with van der Waals surface area (Å²) in [7, 11) is 0. The van der Waals surface area contributed by atoms with Crippen molar-refractivity contribution in [3.8, 4) is 0 Å². The number of aromatic nitrogens is 3. The average molecular weight is 392 g/mol. The summed E-state index contributed by atoms with van der Waals surface area (Å²) < 4.78 is 1.92. The van der Waals surface area contributed by atoms with E-state index < -0.39 is 0 Å². The van der Waals surface area contributed by atoms with Crippen LogP contribution in [0, 0.1) is 19.8 Å². The number of nitrogens with zero attached hydrogens (tertiary/aromatic N) is 3. The zero-order valence-corrected chi connectivity index (χ0v) is 17.3. The van der Waals surface area contributed by atoms with Crippen molar-refractivity contribution in [2.75, 3.05) is 13.1 Å². The molecule has 1 aliphatic rings. The minimum atomic E-state index is -0.148. The summed E-state index contributed by atoms with van der Waals surface area (Å²) >= 11 is 0. The summed E-state index contributed by atoms with van der Waals surface area (Å²) in [5.74, 6) is 0.129. The highest BCUT2D eigenvalue weighted by molar-refractivity contribution is 5.93. The smallest absolute Gasteiger partial charge is 0.274 e. The van der Waals surface area contributed by atoms with E-state index in [1.54, 1.807) is 0 Å². The van der Waals surface area contributed by atoms with Gasteiger partial charge in [0, 0.05) is 0 Å². The number of amides is 1. The molecule has 1 aliphatic heterocycles. The number of hydrogen-bond donors (Lipinski definition) is 2. The second kappa shape index (κ2) is 9.33. The average Bonchev–Trinajstić information content (AvgIpc) is 3.02. The lowest BCUT2D eigenvalue weighted by Gasteiger charge is -2.25. The van der Waals surface area contributed by atoms with Gasteiger partial charge in [-0.3, -0.25) is 4.79 Å². The highest BCUT2D eigenvalue weighted by atomic mass is 35.5. The van der Waals surface area contributed by atoms with Gasteiger partial charge in [0.25, 0.3) is 5.91 Å². The van der Waals surface area contributed by atoms with E-state index in [0.717, 1.165) is 37.2 Å². The molecule has 1 amide bonds.